The van der Waals surface area contributed by atoms with Crippen molar-refractivity contribution in [2.75, 3.05) is 6.61 Å². The summed E-state index contributed by atoms with van der Waals surface area (Å²) < 4.78 is 43.7. The maximum absolute atomic E-state index is 14.3. The lowest BCUT2D eigenvalue weighted by atomic mass is 9.45. The zero-order valence-corrected chi connectivity index (χ0v) is 14.8. The fourth-order valence-corrected chi connectivity index (χ4v) is 5.25. The molecule has 0 unspecified atom stereocenters. The van der Waals surface area contributed by atoms with Crippen LogP contribution in [0, 0.1) is 30.1 Å². The number of alkyl halides is 1. The van der Waals surface area contributed by atoms with Gasteiger partial charge in [-0.3, -0.25) is 4.18 Å². The SMILES string of the molecule is Cc1ccc(S(=O)(=O)OCC[C@@H]2[C@@H](F)C[C@H]3C[C@@H]2C3(C)C)cc1. The van der Waals surface area contributed by atoms with Crippen LogP contribution in [0.2, 0.25) is 0 Å². The molecule has 1 aromatic carbocycles. The topological polar surface area (TPSA) is 43.4 Å². The number of hydrogen-bond donors (Lipinski definition) is 0. The smallest absolute Gasteiger partial charge is 0.266 e. The minimum atomic E-state index is -3.75. The molecule has 0 radical (unpaired) electrons. The third kappa shape index (κ3) is 3.05. The fraction of sp³-hybridized carbons (Fsp3) is 0.667. The van der Waals surface area contributed by atoms with Crippen molar-refractivity contribution in [1.82, 2.24) is 0 Å². The molecule has 3 nitrogen and oxygen atoms in total. The first-order valence-corrected chi connectivity index (χ1v) is 9.73. The van der Waals surface area contributed by atoms with Crippen LogP contribution in [-0.2, 0) is 14.3 Å². The van der Waals surface area contributed by atoms with E-state index in [1.165, 1.54) is 0 Å². The zero-order valence-electron chi connectivity index (χ0n) is 14.0. The third-order valence-electron chi connectivity index (χ3n) is 6.04. The largest absolute Gasteiger partial charge is 0.296 e. The van der Waals surface area contributed by atoms with Gasteiger partial charge in [0.25, 0.3) is 10.1 Å². The Balaban J connectivity index is 1.59. The quantitative estimate of drug-likeness (QED) is 0.758. The van der Waals surface area contributed by atoms with Gasteiger partial charge < -0.3 is 0 Å². The molecule has 3 aliphatic carbocycles. The number of halogens is 1. The van der Waals surface area contributed by atoms with Gasteiger partial charge in [0, 0.05) is 0 Å². The van der Waals surface area contributed by atoms with Crippen molar-refractivity contribution in [1.29, 1.82) is 0 Å². The Labute approximate surface area is 138 Å². The van der Waals surface area contributed by atoms with Crippen LogP contribution in [0.25, 0.3) is 0 Å². The van der Waals surface area contributed by atoms with Gasteiger partial charge in [-0.25, -0.2) is 4.39 Å². The number of fused-ring (bicyclic) bond motifs is 2. The number of aryl methyl sites for hydroxylation is 1. The summed E-state index contributed by atoms with van der Waals surface area (Å²) in [4.78, 5) is 0.160. The average molecular weight is 340 g/mol. The molecular formula is C18H25FO3S. The van der Waals surface area contributed by atoms with Crippen molar-refractivity contribution < 1.29 is 17.0 Å². The van der Waals surface area contributed by atoms with E-state index >= 15 is 0 Å². The van der Waals surface area contributed by atoms with E-state index in [1.54, 1.807) is 24.3 Å². The molecule has 4 atom stereocenters. The molecule has 5 heteroatoms. The lowest BCUT2D eigenvalue weighted by Crippen LogP contribution is -2.56. The van der Waals surface area contributed by atoms with Crippen LogP contribution in [0.5, 0.6) is 0 Å². The summed E-state index contributed by atoms with van der Waals surface area (Å²) in [5.41, 5.74) is 1.18. The van der Waals surface area contributed by atoms with Gasteiger partial charge in [-0.05, 0) is 61.5 Å². The molecule has 0 amide bonds. The lowest BCUT2D eigenvalue weighted by molar-refractivity contribution is -0.143. The van der Waals surface area contributed by atoms with Crippen LogP contribution in [0.15, 0.2) is 29.2 Å². The van der Waals surface area contributed by atoms with E-state index in [4.69, 9.17) is 4.18 Å². The molecule has 3 fully saturated rings. The van der Waals surface area contributed by atoms with Gasteiger partial charge in [-0.2, -0.15) is 8.42 Å². The Morgan fingerprint density at radius 1 is 1.22 bits per heavy atom. The van der Waals surface area contributed by atoms with Crippen molar-refractivity contribution >= 4 is 10.1 Å². The monoisotopic (exact) mass is 340 g/mol. The molecule has 3 saturated carbocycles. The molecule has 3 aliphatic rings. The fourth-order valence-electron chi connectivity index (χ4n) is 4.33. The van der Waals surface area contributed by atoms with Crippen LogP contribution < -0.4 is 0 Å². The maximum Gasteiger partial charge on any atom is 0.296 e. The highest BCUT2D eigenvalue weighted by atomic mass is 32.2. The summed E-state index contributed by atoms with van der Waals surface area (Å²) in [5.74, 6) is 0.751. The van der Waals surface area contributed by atoms with E-state index in [2.05, 4.69) is 13.8 Å². The second kappa shape index (κ2) is 5.85. The van der Waals surface area contributed by atoms with E-state index in [0.29, 0.717) is 24.7 Å². The van der Waals surface area contributed by atoms with E-state index in [9.17, 15) is 12.8 Å². The first-order chi connectivity index (χ1) is 10.7. The van der Waals surface area contributed by atoms with E-state index in [0.717, 1.165) is 12.0 Å². The molecule has 0 spiro atoms. The molecule has 0 saturated heterocycles. The summed E-state index contributed by atoms with van der Waals surface area (Å²) in [5, 5.41) is 0. The Morgan fingerprint density at radius 2 is 1.87 bits per heavy atom. The van der Waals surface area contributed by atoms with Gasteiger partial charge in [0.15, 0.2) is 0 Å². The molecule has 0 N–H and O–H groups in total. The maximum atomic E-state index is 14.3. The second-order valence-electron chi connectivity index (χ2n) is 7.65. The van der Waals surface area contributed by atoms with Gasteiger partial charge in [0.05, 0.1) is 11.5 Å². The van der Waals surface area contributed by atoms with Gasteiger partial charge in [-0.1, -0.05) is 31.5 Å². The number of hydrogen-bond acceptors (Lipinski definition) is 3. The Kier molecular flexibility index (Phi) is 4.30. The first kappa shape index (κ1) is 16.9. The highest BCUT2D eigenvalue weighted by molar-refractivity contribution is 7.86. The van der Waals surface area contributed by atoms with Crippen LogP contribution in [0.4, 0.5) is 4.39 Å². The molecule has 2 bridgehead atoms. The lowest BCUT2D eigenvalue weighted by Gasteiger charge is -2.61. The second-order valence-corrected chi connectivity index (χ2v) is 9.27. The average Bonchev–Trinajstić information content (AvgIpc) is 2.48. The van der Waals surface area contributed by atoms with Crippen LogP contribution in [0.3, 0.4) is 0 Å². The first-order valence-electron chi connectivity index (χ1n) is 8.32. The summed E-state index contributed by atoms with van der Waals surface area (Å²) in [7, 11) is -3.75. The molecule has 23 heavy (non-hydrogen) atoms. The Hall–Kier alpha value is -0.940. The van der Waals surface area contributed by atoms with Crippen molar-refractivity contribution in [2.45, 2.75) is 51.1 Å². The zero-order chi connectivity index (χ0) is 16.8. The highest BCUT2D eigenvalue weighted by Crippen LogP contribution is 2.62. The molecule has 4 rings (SSSR count). The standard InChI is InChI=1S/C18H25FO3S/c1-12-4-6-14(7-5-12)23(20,21)22-9-8-15-16-10-13(11-17(15)19)18(16,2)3/h4-7,13,15-17H,8-11H2,1-3H3/t13-,15+,16+,17+/m1/s1. The summed E-state index contributed by atoms with van der Waals surface area (Å²) in [6.45, 7) is 6.36. The van der Waals surface area contributed by atoms with E-state index < -0.39 is 16.3 Å². The number of benzene rings is 1. The molecule has 0 aliphatic heterocycles. The summed E-state index contributed by atoms with van der Waals surface area (Å²) in [6.07, 6.45) is 1.33. The number of rotatable bonds is 5. The van der Waals surface area contributed by atoms with Crippen molar-refractivity contribution in [2.24, 2.45) is 23.2 Å². The predicted octanol–water partition coefficient (Wildman–Crippen LogP) is 4.11. The van der Waals surface area contributed by atoms with E-state index in [-0.39, 0.29) is 22.8 Å². The third-order valence-corrected chi connectivity index (χ3v) is 7.36. The molecular weight excluding hydrogens is 315 g/mol. The molecule has 0 aromatic heterocycles. The van der Waals surface area contributed by atoms with Gasteiger partial charge in [-0.15, -0.1) is 0 Å². The molecule has 0 heterocycles. The van der Waals surface area contributed by atoms with Crippen LogP contribution in [0.1, 0.15) is 38.7 Å². The van der Waals surface area contributed by atoms with Crippen molar-refractivity contribution in [3.05, 3.63) is 29.8 Å². The highest BCUT2D eigenvalue weighted by Gasteiger charge is 2.57. The minimum absolute atomic E-state index is 0.0541. The molecule has 1 aromatic rings. The minimum Gasteiger partial charge on any atom is -0.266 e. The predicted molar refractivity (Wildman–Crippen MR) is 87.3 cm³/mol. The van der Waals surface area contributed by atoms with Crippen LogP contribution >= 0.6 is 0 Å². The Bertz CT molecular complexity index is 666. The van der Waals surface area contributed by atoms with Crippen molar-refractivity contribution in [3.63, 3.8) is 0 Å². The normalized spacial score (nSPS) is 32.3. The van der Waals surface area contributed by atoms with Gasteiger partial charge >= 0.3 is 0 Å². The van der Waals surface area contributed by atoms with Gasteiger partial charge in [0.1, 0.15) is 6.17 Å². The van der Waals surface area contributed by atoms with Crippen molar-refractivity contribution in [3.8, 4) is 0 Å². The summed E-state index contributed by atoms with van der Waals surface area (Å²) in [6, 6.07) is 6.57. The van der Waals surface area contributed by atoms with Crippen LogP contribution in [-0.4, -0.2) is 21.2 Å². The Morgan fingerprint density at radius 3 is 2.48 bits per heavy atom. The van der Waals surface area contributed by atoms with E-state index in [1.807, 2.05) is 6.92 Å². The summed E-state index contributed by atoms with van der Waals surface area (Å²) >= 11 is 0. The molecule has 128 valence electrons. The van der Waals surface area contributed by atoms with Gasteiger partial charge in [0.2, 0.25) is 0 Å².